The van der Waals surface area contributed by atoms with Crippen LogP contribution in [0.15, 0.2) is 47.6 Å². The molecule has 128 valence electrons. The number of Topliss-reactive ketones (excluding diaryl/α,β-unsaturated/α-hetero) is 1. The van der Waals surface area contributed by atoms with E-state index in [9.17, 15) is 26.4 Å². The fourth-order valence-corrected chi connectivity index (χ4v) is 2.86. The molecule has 1 aromatic carbocycles. The number of sulfonamides is 1. The fourth-order valence-electron chi connectivity index (χ4n) is 1.87. The van der Waals surface area contributed by atoms with E-state index < -0.39 is 26.8 Å². The lowest BCUT2D eigenvalue weighted by Gasteiger charge is -2.10. The number of hydrogen-bond acceptors (Lipinski definition) is 4. The van der Waals surface area contributed by atoms with Gasteiger partial charge < -0.3 is 0 Å². The Hall–Kier alpha value is -2.42. The number of aromatic nitrogens is 1. The number of nitrogens with zero attached hydrogens (tertiary/aromatic N) is 1. The van der Waals surface area contributed by atoms with Crippen molar-refractivity contribution in [1.29, 1.82) is 0 Å². The van der Waals surface area contributed by atoms with Gasteiger partial charge in [0.15, 0.2) is 10.8 Å². The molecule has 2 aromatic rings. The van der Waals surface area contributed by atoms with Gasteiger partial charge in [-0.05, 0) is 24.3 Å². The maximum absolute atomic E-state index is 12.5. The zero-order chi connectivity index (χ0) is 18.0. The number of pyridine rings is 1. The number of halogens is 3. The number of hydrogen-bond donors (Lipinski definition) is 1. The van der Waals surface area contributed by atoms with Crippen molar-refractivity contribution in [2.45, 2.75) is 24.5 Å². The molecule has 0 bridgehead atoms. The highest BCUT2D eigenvalue weighted by molar-refractivity contribution is 7.92. The second kappa shape index (κ2) is 6.60. The lowest BCUT2D eigenvalue weighted by Crippen LogP contribution is -2.15. The Bertz CT molecular complexity index is 847. The Labute approximate surface area is 136 Å². The average Bonchev–Trinajstić information content (AvgIpc) is 2.53. The van der Waals surface area contributed by atoms with Gasteiger partial charge in [-0.15, -0.1) is 0 Å². The Morgan fingerprint density at radius 2 is 1.92 bits per heavy atom. The average molecular weight is 358 g/mol. The third-order valence-electron chi connectivity index (χ3n) is 3.10. The molecule has 0 aliphatic rings. The highest BCUT2D eigenvalue weighted by atomic mass is 32.2. The first-order valence-corrected chi connectivity index (χ1v) is 8.31. The van der Waals surface area contributed by atoms with Crippen LogP contribution >= 0.6 is 0 Å². The second-order valence-electron chi connectivity index (χ2n) is 4.85. The molecule has 1 N–H and O–H groups in total. The second-order valence-corrected chi connectivity index (χ2v) is 6.48. The van der Waals surface area contributed by atoms with Gasteiger partial charge in [0, 0.05) is 23.9 Å². The molecule has 0 saturated carbocycles. The fraction of sp³-hybridized carbons (Fsp3) is 0.200. The van der Waals surface area contributed by atoms with E-state index in [4.69, 9.17) is 0 Å². The predicted octanol–water partition coefficient (Wildman–Crippen LogP) is 3.49. The summed E-state index contributed by atoms with van der Waals surface area (Å²) in [4.78, 5) is 15.0. The largest absolute Gasteiger partial charge is 0.417 e. The van der Waals surface area contributed by atoms with Crippen LogP contribution in [0.3, 0.4) is 0 Å². The first-order chi connectivity index (χ1) is 11.1. The summed E-state index contributed by atoms with van der Waals surface area (Å²) in [5.74, 6) is -0.163. The molecule has 2 rings (SSSR count). The van der Waals surface area contributed by atoms with Crippen molar-refractivity contribution in [3.63, 3.8) is 0 Å². The molecule has 9 heteroatoms. The molecule has 0 atom stereocenters. The minimum absolute atomic E-state index is 0.121. The molecule has 1 heterocycles. The summed E-state index contributed by atoms with van der Waals surface area (Å²) in [6.07, 6.45) is -3.89. The minimum Gasteiger partial charge on any atom is -0.294 e. The normalized spacial score (nSPS) is 12.0. The van der Waals surface area contributed by atoms with Crippen molar-refractivity contribution in [3.8, 4) is 0 Å². The van der Waals surface area contributed by atoms with E-state index in [1.165, 1.54) is 18.2 Å². The van der Waals surface area contributed by atoms with Crippen molar-refractivity contribution in [3.05, 3.63) is 53.7 Å². The van der Waals surface area contributed by atoms with Crippen molar-refractivity contribution < 1.29 is 26.4 Å². The summed E-state index contributed by atoms with van der Waals surface area (Å²) in [6, 6.07) is 7.23. The van der Waals surface area contributed by atoms with Crippen LogP contribution in [0.4, 0.5) is 18.9 Å². The number of benzene rings is 1. The zero-order valence-corrected chi connectivity index (χ0v) is 13.3. The van der Waals surface area contributed by atoms with Gasteiger partial charge in [0.2, 0.25) is 0 Å². The highest BCUT2D eigenvalue weighted by Gasteiger charge is 2.31. The monoisotopic (exact) mass is 358 g/mol. The van der Waals surface area contributed by atoms with Crippen LogP contribution in [0.25, 0.3) is 0 Å². The first-order valence-electron chi connectivity index (χ1n) is 6.83. The molecule has 5 nitrogen and oxygen atoms in total. The maximum Gasteiger partial charge on any atom is 0.417 e. The van der Waals surface area contributed by atoms with E-state index in [1.54, 1.807) is 13.0 Å². The van der Waals surface area contributed by atoms with Gasteiger partial charge in [-0.3, -0.25) is 9.52 Å². The van der Waals surface area contributed by atoms with Crippen molar-refractivity contribution in [1.82, 2.24) is 4.98 Å². The van der Waals surface area contributed by atoms with Gasteiger partial charge in [0.25, 0.3) is 10.0 Å². The van der Waals surface area contributed by atoms with Crippen LogP contribution < -0.4 is 4.72 Å². The topological polar surface area (TPSA) is 76.1 Å². The van der Waals surface area contributed by atoms with Crippen LogP contribution in [-0.2, 0) is 16.2 Å². The van der Waals surface area contributed by atoms with Gasteiger partial charge in [0.05, 0.1) is 5.56 Å². The lowest BCUT2D eigenvalue weighted by molar-refractivity contribution is -0.137. The van der Waals surface area contributed by atoms with Crippen LogP contribution in [0.5, 0.6) is 0 Å². The zero-order valence-electron chi connectivity index (χ0n) is 12.5. The number of carbonyl (C=O) groups is 1. The molecular formula is C15H13F3N2O3S. The maximum atomic E-state index is 12.5. The Morgan fingerprint density at radius 3 is 2.46 bits per heavy atom. The van der Waals surface area contributed by atoms with E-state index in [0.29, 0.717) is 17.8 Å². The molecule has 24 heavy (non-hydrogen) atoms. The van der Waals surface area contributed by atoms with Gasteiger partial charge >= 0.3 is 6.18 Å². The summed E-state index contributed by atoms with van der Waals surface area (Å²) >= 11 is 0. The summed E-state index contributed by atoms with van der Waals surface area (Å²) in [7, 11) is -4.16. The third kappa shape index (κ3) is 4.10. The Balaban J connectivity index is 2.27. The molecule has 0 saturated heterocycles. The van der Waals surface area contributed by atoms with Crippen LogP contribution in [0.1, 0.15) is 29.3 Å². The molecular weight excluding hydrogens is 345 g/mol. The lowest BCUT2D eigenvalue weighted by atomic mass is 10.1. The van der Waals surface area contributed by atoms with Crippen molar-refractivity contribution in [2.75, 3.05) is 4.72 Å². The van der Waals surface area contributed by atoms with Crippen LogP contribution in [0.2, 0.25) is 0 Å². The molecule has 0 amide bonds. The molecule has 0 aliphatic heterocycles. The molecule has 1 aromatic heterocycles. The van der Waals surface area contributed by atoms with E-state index >= 15 is 0 Å². The number of anilines is 1. The third-order valence-corrected chi connectivity index (χ3v) is 4.39. The summed E-state index contributed by atoms with van der Waals surface area (Å²) in [5.41, 5.74) is -0.592. The van der Waals surface area contributed by atoms with Crippen LogP contribution in [0, 0.1) is 0 Å². The number of carbonyl (C=O) groups excluding carboxylic acids is 1. The van der Waals surface area contributed by atoms with E-state index in [0.717, 1.165) is 6.07 Å². The molecule has 0 fully saturated rings. The van der Waals surface area contributed by atoms with Gasteiger partial charge in [-0.1, -0.05) is 19.1 Å². The number of nitrogens with one attached hydrogen (secondary N) is 1. The molecule has 0 unspecified atom stereocenters. The smallest absolute Gasteiger partial charge is 0.294 e. The van der Waals surface area contributed by atoms with E-state index in [2.05, 4.69) is 9.71 Å². The summed E-state index contributed by atoms with van der Waals surface area (Å²) < 4.78 is 64.0. The first kappa shape index (κ1) is 17.9. The highest BCUT2D eigenvalue weighted by Crippen LogP contribution is 2.29. The van der Waals surface area contributed by atoms with Gasteiger partial charge in [-0.25, -0.2) is 4.98 Å². The van der Waals surface area contributed by atoms with Gasteiger partial charge in [-0.2, -0.15) is 21.6 Å². The van der Waals surface area contributed by atoms with Gasteiger partial charge in [0.1, 0.15) is 0 Å². The standard InChI is InChI=1S/C15H13F3N2O3S/c1-2-13(21)10-4-3-5-12(8-10)20-24(22,23)14-7-6-11(9-19-14)15(16,17)18/h3-9,20H,2H2,1H3. The van der Waals surface area contributed by atoms with Crippen LogP contribution in [-0.4, -0.2) is 19.2 Å². The number of alkyl halides is 3. The van der Waals surface area contributed by atoms with E-state index in [1.807, 2.05) is 0 Å². The molecule has 0 spiro atoms. The summed E-state index contributed by atoms with van der Waals surface area (Å²) in [6.45, 7) is 1.67. The van der Waals surface area contributed by atoms with Crippen molar-refractivity contribution >= 4 is 21.5 Å². The SMILES string of the molecule is CCC(=O)c1cccc(NS(=O)(=O)c2ccc(C(F)(F)F)cn2)c1. The summed E-state index contributed by atoms with van der Waals surface area (Å²) in [5, 5.41) is -0.553. The quantitative estimate of drug-likeness (QED) is 0.830. The number of rotatable bonds is 5. The predicted molar refractivity (Wildman–Crippen MR) is 81.1 cm³/mol. The van der Waals surface area contributed by atoms with Crippen molar-refractivity contribution in [2.24, 2.45) is 0 Å². The number of ketones is 1. The minimum atomic E-state index is -4.60. The van der Waals surface area contributed by atoms with E-state index in [-0.39, 0.29) is 17.9 Å². The molecule has 0 aliphatic carbocycles. The Kier molecular flexibility index (Phi) is 4.93. The Morgan fingerprint density at radius 1 is 1.21 bits per heavy atom. The molecule has 0 radical (unpaired) electrons.